The van der Waals surface area contributed by atoms with Crippen molar-refractivity contribution in [2.75, 3.05) is 18.1 Å². The molecule has 0 aromatic carbocycles. The van der Waals surface area contributed by atoms with Gasteiger partial charge in [-0.25, -0.2) is 4.79 Å². The molecule has 126 valence electrons. The molecule has 6 fully saturated rings. The minimum Gasteiger partial charge on any atom is -0.322 e. The number of imide groups is 1. The monoisotopic (exact) mass is 334 g/mol. The van der Waals surface area contributed by atoms with Crippen LogP contribution in [0.2, 0.25) is 0 Å². The van der Waals surface area contributed by atoms with Crippen molar-refractivity contribution in [2.45, 2.75) is 56.9 Å². The maximum atomic E-state index is 12.8. The van der Waals surface area contributed by atoms with E-state index < -0.39 is 5.54 Å². The van der Waals surface area contributed by atoms with Crippen molar-refractivity contribution in [3.63, 3.8) is 0 Å². The van der Waals surface area contributed by atoms with Crippen LogP contribution in [0.4, 0.5) is 4.79 Å². The summed E-state index contributed by atoms with van der Waals surface area (Å²) in [5.74, 6) is 4.59. The Kier molecular flexibility index (Phi) is 3.11. The zero-order chi connectivity index (χ0) is 15.7. The van der Waals surface area contributed by atoms with E-state index in [0.717, 1.165) is 42.1 Å². The van der Waals surface area contributed by atoms with Gasteiger partial charge < -0.3 is 5.32 Å². The van der Waals surface area contributed by atoms with Crippen LogP contribution in [0.3, 0.4) is 0 Å². The third kappa shape index (κ3) is 2.18. The van der Waals surface area contributed by atoms with Crippen molar-refractivity contribution in [2.24, 2.45) is 23.2 Å². The second-order valence-electron chi connectivity index (χ2n) is 8.94. The fourth-order valence-electron chi connectivity index (χ4n) is 6.66. The van der Waals surface area contributed by atoms with Gasteiger partial charge >= 0.3 is 6.03 Å². The van der Waals surface area contributed by atoms with E-state index in [1.54, 1.807) is 16.7 Å². The number of hydrogen-bond donors (Lipinski definition) is 1. The topological polar surface area (TPSA) is 49.4 Å². The van der Waals surface area contributed by atoms with Gasteiger partial charge in [-0.2, -0.15) is 11.8 Å². The number of amides is 3. The molecule has 0 aromatic rings. The molecule has 3 amide bonds. The summed E-state index contributed by atoms with van der Waals surface area (Å²) >= 11 is 1.78. The second-order valence-corrected chi connectivity index (χ2v) is 10.0. The Morgan fingerprint density at radius 1 is 1.09 bits per heavy atom. The van der Waals surface area contributed by atoms with Gasteiger partial charge in [-0.05, 0) is 80.3 Å². The lowest BCUT2D eigenvalue weighted by Crippen LogP contribution is -2.48. The Morgan fingerprint density at radius 3 is 2.30 bits per heavy atom. The summed E-state index contributed by atoms with van der Waals surface area (Å²) in [4.78, 5) is 26.7. The summed E-state index contributed by atoms with van der Waals surface area (Å²) in [7, 11) is 0. The van der Waals surface area contributed by atoms with Crippen LogP contribution in [0.25, 0.3) is 0 Å². The Hall–Kier alpha value is -0.710. The molecule has 0 unspecified atom stereocenters. The predicted octanol–water partition coefficient (Wildman–Crippen LogP) is 3.02. The van der Waals surface area contributed by atoms with E-state index >= 15 is 0 Å². The van der Waals surface area contributed by atoms with Crippen LogP contribution in [-0.2, 0) is 4.79 Å². The average Bonchev–Trinajstić information content (AvgIpc) is 3.03. The summed E-state index contributed by atoms with van der Waals surface area (Å²) in [5, 5.41) is 3.00. The van der Waals surface area contributed by atoms with Crippen LogP contribution in [-0.4, -0.2) is 40.4 Å². The molecule has 1 N–H and O–H groups in total. The summed E-state index contributed by atoms with van der Waals surface area (Å²) in [6, 6.07) is -0.137. The molecule has 6 aliphatic rings. The molecule has 0 aromatic heterocycles. The smallest absolute Gasteiger partial charge is 0.322 e. The van der Waals surface area contributed by atoms with Gasteiger partial charge in [-0.1, -0.05) is 0 Å². The van der Waals surface area contributed by atoms with Crippen molar-refractivity contribution >= 4 is 23.7 Å². The highest BCUT2D eigenvalue weighted by Crippen LogP contribution is 2.61. The number of thioether (sulfide) groups is 1. The molecule has 2 aliphatic heterocycles. The number of hydrogen-bond acceptors (Lipinski definition) is 3. The number of nitrogens with zero attached hydrogens (tertiary/aromatic N) is 1. The fraction of sp³-hybridized carbons (Fsp3) is 0.889. The maximum Gasteiger partial charge on any atom is 0.325 e. The molecule has 5 heteroatoms. The summed E-state index contributed by atoms with van der Waals surface area (Å²) in [5.41, 5.74) is -0.126. The third-order valence-corrected chi connectivity index (χ3v) is 8.49. The molecular weight excluding hydrogens is 308 g/mol. The Morgan fingerprint density at radius 2 is 1.74 bits per heavy atom. The highest BCUT2D eigenvalue weighted by molar-refractivity contribution is 7.99. The molecular formula is C18H26N2O2S. The summed E-state index contributed by atoms with van der Waals surface area (Å²) in [6.45, 7) is 0.642. The first kappa shape index (κ1) is 14.6. The lowest BCUT2D eigenvalue weighted by molar-refractivity contribution is -0.131. The first-order valence-electron chi connectivity index (χ1n) is 9.29. The van der Waals surface area contributed by atoms with E-state index in [2.05, 4.69) is 5.32 Å². The van der Waals surface area contributed by atoms with Crippen LogP contribution in [0, 0.1) is 23.2 Å². The van der Waals surface area contributed by atoms with Crippen LogP contribution < -0.4 is 5.32 Å². The Labute approximate surface area is 142 Å². The van der Waals surface area contributed by atoms with Gasteiger partial charge in [0.1, 0.15) is 5.54 Å². The van der Waals surface area contributed by atoms with E-state index in [1.165, 1.54) is 38.5 Å². The highest BCUT2D eigenvalue weighted by atomic mass is 32.2. The number of nitrogens with one attached hydrogen (secondary N) is 1. The van der Waals surface area contributed by atoms with Gasteiger partial charge in [-0.15, -0.1) is 0 Å². The molecule has 4 saturated carbocycles. The first-order valence-corrected chi connectivity index (χ1v) is 10.4. The quantitative estimate of drug-likeness (QED) is 0.807. The molecule has 0 radical (unpaired) electrons. The van der Waals surface area contributed by atoms with Gasteiger partial charge in [0.25, 0.3) is 5.91 Å². The van der Waals surface area contributed by atoms with E-state index in [4.69, 9.17) is 0 Å². The third-order valence-electron chi connectivity index (χ3n) is 7.30. The first-order chi connectivity index (χ1) is 11.1. The van der Waals surface area contributed by atoms with E-state index in [-0.39, 0.29) is 11.9 Å². The van der Waals surface area contributed by atoms with Crippen LogP contribution in [0.15, 0.2) is 0 Å². The van der Waals surface area contributed by atoms with Crippen molar-refractivity contribution < 1.29 is 9.59 Å². The van der Waals surface area contributed by atoms with Gasteiger partial charge in [-0.3, -0.25) is 9.69 Å². The van der Waals surface area contributed by atoms with Crippen molar-refractivity contribution in [3.05, 3.63) is 0 Å². The molecule has 2 heterocycles. The number of carbonyl (C=O) groups excluding carboxylic acids is 2. The van der Waals surface area contributed by atoms with Gasteiger partial charge in [0.05, 0.1) is 0 Å². The lowest BCUT2D eigenvalue weighted by atomic mass is 9.49. The average molecular weight is 334 g/mol. The van der Waals surface area contributed by atoms with Gasteiger partial charge in [0, 0.05) is 12.3 Å². The maximum absolute atomic E-state index is 12.8. The molecule has 4 nitrogen and oxygen atoms in total. The molecule has 23 heavy (non-hydrogen) atoms. The molecule has 2 saturated heterocycles. The molecule has 1 atom stereocenters. The fourth-order valence-corrected chi connectivity index (χ4v) is 7.98. The van der Waals surface area contributed by atoms with Crippen LogP contribution in [0.1, 0.15) is 51.4 Å². The van der Waals surface area contributed by atoms with E-state index in [1.807, 2.05) is 0 Å². The van der Waals surface area contributed by atoms with Gasteiger partial charge in [0.2, 0.25) is 0 Å². The van der Waals surface area contributed by atoms with E-state index in [9.17, 15) is 9.59 Å². The molecule has 4 bridgehead atoms. The Balaban J connectivity index is 1.29. The minimum atomic E-state index is -0.566. The highest BCUT2D eigenvalue weighted by Gasteiger charge is 2.54. The number of rotatable bonds is 3. The minimum absolute atomic E-state index is 0.0530. The summed E-state index contributed by atoms with van der Waals surface area (Å²) < 4.78 is 0. The SMILES string of the molecule is O=C1N[C@]2(CCSC2)C(=O)N1CCC12CC3CC(CC(C3)C1)C2. The molecule has 1 spiro atoms. The normalized spacial score (nSPS) is 47.8. The summed E-state index contributed by atoms with van der Waals surface area (Å²) in [6.07, 6.45) is 10.2. The van der Waals surface area contributed by atoms with Crippen molar-refractivity contribution in [3.8, 4) is 0 Å². The number of carbonyl (C=O) groups is 2. The van der Waals surface area contributed by atoms with Crippen molar-refractivity contribution in [1.82, 2.24) is 10.2 Å². The zero-order valence-corrected chi connectivity index (χ0v) is 14.5. The second kappa shape index (κ2) is 4.90. The van der Waals surface area contributed by atoms with Crippen molar-refractivity contribution in [1.29, 1.82) is 0 Å². The lowest BCUT2D eigenvalue weighted by Gasteiger charge is -2.57. The van der Waals surface area contributed by atoms with Crippen LogP contribution >= 0.6 is 11.8 Å². The zero-order valence-electron chi connectivity index (χ0n) is 13.7. The van der Waals surface area contributed by atoms with Crippen LogP contribution in [0.5, 0.6) is 0 Å². The van der Waals surface area contributed by atoms with Gasteiger partial charge in [0.15, 0.2) is 0 Å². The Bertz CT molecular complexity index is 520. The molecule has 6 rings (SSSR count). The standard InChI is InChI=1S/C18H26N2O2S/c21-15-18(2-4-23-11-18)19-16(22)20(15)3-1-17-8-12-5-13(9-17)7-14(6-12)10-17/h12-14H,1-11H2,(H,19,22)/t12?,13?,14?,17?,18-/m0/s1. The molecule has 4 aliphatic carbocycles. The number of urea groups is 1. The predicted molar refractivity (Wildman–Crippen MR) is 90.1 cm³/mol. The largest absolute Gasteiger partial charge is 0.325 e. The van der Waals surface area contributed by atoms with E-state index in [0.29, 0.717) is 12.0 Å².